The van der Waals surface area contributed by atoms with Gasteiger partial charge >= 0.3 is 0 Å². The quantitative estimate of drug-likeness (QED) is 0.383. The molecule has 8 heteroatoms. The molecule has 0 aliphatic rings. The van der Waals surface area contributed by atoms with Gasteiger partial charge in [-0.25, -0.2) is 0 Å². The van der Waals surface area contributed by atoms with Crippen molar-refractivity contribution in [1.82, 2.24) is 0 Å². The first-order valence-electron chi connectivity index (χ1n) is 10.5. The molecule has 0 bridgehead atoms. The van der Waals surface area contributed by atoms with Gasteiger partial charge in [-0.3, -0.25) is 9.59 Å². The predicted molar refractivity (Wildman–Crippen MR) is 129 cm³/mol. The lowest BCUT2D eigenvalue weighted by molar-refractivity contribution is -0.118. The SMILES string of the molecule is COc1ccc(NC(=O)c2oc3ccccc3c2NC(=O)COc2cccc(C)c2)c(OC)c1. The molecule has 0 atom stereocenters. The number of anilines is 2. The average molecular weight is 460 g/mol. The fourth-order valence-corrected chi connectivity index (χ4v) is 3.44. The molecule has 1 aromatic heterocycles. The van der Waals surface area contributed by atoms with E-state index in [1.807, 2.05) is 25.1 Å². The van der Waals surface area contributed by atoms with E-state index in [4.69, 9.17) is 18.6 Å². The summed E-state index contributed by atoms with van der Waals surface area (Å²) in [6.45, 7) is 1.71. The molecule has 0 unspecified atom stereocenters. The van der Waals surface area contributed by atoms with Crippen LogP contribution in [-0.4, -0.2) is 32.6 Å². The molecule has 0 aliphatic carbocycles. The first kappa shape index (κ1) is 22.7. The smallest absolute Gasteiger partial charge is 0.293 e. The van der Waals surface area contributed by atoms with Gasteiger partial charge in [-0.2, -0.15) is 0 Å². The molecular weight excluding hydrogens is 436 g/mol. The number of amides is 2. The molecule has 4 aromatic rings. The van der Waals surface area contributed by atoms with Gasteiger partial charge in [-0.15, -0.1) is 0 Å². The number of nitrogens with one attached hydrogen (secondary N) is 2. The van der Waals surface area contributed by atoms with Crippen LogP contribution in [0.3, 0.4) is 0 Å². The molecule has 4 rings (SSSR count). The molecule has 0 saturated heterocycles. The third-order valence-corrected chi connectivity index (χ3v) is 5.08. The molecule has 0 fully saturated rings. The molecular formula is C26H24N2O6. The second-order valence-electron chi connectivity index (χ2n) is 7.48. The van der Waals surface area contributed by atoms with Crippen molar-refractivity contribution in [2.75, 3.05) is 31.5 Å². The number of carbonyl (C=O) groups is 2. The van der Waals surface area contributed by atoms with Crippen LogP contribution >= 0.6 is 0 Å². The standard InChI is InChI=1S/C26H24N2O6/c1-16-7-6-8-18(13-16)33-15-23(29)28-24-19-9-4-5-10-21(19)34-25(24)26(30)27-20-12-11-17(31-2)14-22(20)32-3/h4-14H,15H2,1-3H3,(H,27,30)(H,28,29). The Morgan fingerprint density at radius 1 is 0.882 bits per heavy atom. The van der Waals surface area contributed by atoms with Crippen LogP contribution in [0.25, 0.3) is 11.0 Å². The zero-order chi connectivity index (χ0) is 24.1. The van der Waals surface area contributed by atoms with Crippen molar-refractivity contribution >= 4 is 34.2 Å². The Kier molecular flexibility index (Phi) is 6.68. The van der Waals surface area contributed by atoms with Crippen LogP contribution in [0.2, 0.25) is 0 Å². The summed E-state index contributed by atoms with van der Waals surface area (Å²) in [4.78, 5) is 25.8. The van der Waals surface area contributed by atoms with Crippen LogP contribution in [0, 0.1) is 6.92 Å². The van der Waals surface area contributed by atoms with E-state index in [2.05, 4.69) is 10.6 Å². The number of aryl methyl sites for hydroxylation is 1. The summed E-state index contributed by atoms with van der Waals surface area (Å²) in [5.41, 5.74) is 2.17. The number of rotatable bonds is 8. The monoisotopic (exact) mass is 460 g/mol. The fourth-order valence-electron chi connectivity index (χ4n) is 3.44. The summed E-state index contributed by atoms with van der Waals surface area (Å²) in [5, 5.41) is 6.13. The topological polar surface area (TPSA) is 99.0 Å². The Hall–Kier alpha value is -4.46. The summed E-state index contributed by atoms with van der Waals surface area (Å²) in [5.74, 6) is 0.569. The van der Waals surface area contributed by atoms with Crippen LogP contribution < -0.4 is 24.8 Å². The number of fused-ring (bicyclic) bond motifs is 1. The van der Waals surface area contributed by atoms with Crippen molar-refractivity contribution in [1.29, 1.82) is 0 Å². The molecule has 2 amide bonds. The van der Waals surface area contributed by atoms with Crippen molar-refractivity contribution in [2.45, 2.75) is 6.92 Å². The Bertz CT molecular complexity index is 1340. The van der Waals surface area contributed by atoms with E-state index in [1.54, 1.807) is 55.6 Å². The number of benzene rings is 3. The number of hydrogen-bond acceptors (Lipinski definition) is 6. The first-order valence-corrected chi connectivity index (χ1v) is 10.5. The third-order valence-electron chi connectivity index (χ3n) is 5.08. The van der Waals surface area contributed by atoms with Crippen LogP contribution in [0.4, 0.5) is 11.4 Å². The lowest BCUT2D eigenvalue weighted by Gasteiger charge is -2.12. The van der Waals surface area contributed by atoms with Crippen LogP contribution in [0.1, 0.15) is 16.1 Å². The van der Waals surface area contributed by atoms with Gasteiger partial charge in [-0.05, 0) is 48.9 Å². The summed E-state index contributed by atoms with van der Waals surface area (Å²) in [7, 11) is 3.03. The van der Waals surface area contributed by atoms with Crippen LogP contribution in [0.5, 0.6) is 17.2 Å². The highest BCUT2D eigenvalue weighted by atomic mass is 16.5. The zero-order valence-electron chi connectivity index (χ0n) is 19.0. The molecule has 34 heavy (non-hydrogen) atoms. The lowest BCUT2D eigenvalue weighted by Crippen LogP contribution is -2.22. The number of para-hydroxylation sites is 1. The van der Waals surface area contributed by atoms with Crippen molar-refractivity contribution in [2.24, 2.45) is 0 Å². The van der Waals surface area contributed by atoms with Gasteiger partial charge in [0.1, 0.15) is 28.5 Å². The molecule has 0 spiro atoms. The van der Waals surface area contributed by atoms with Crippen LogP contribution in [-0.2, 0) is 4.79 Å². The second kappa shape index (κ2) is 9.99. The van der Waals surface area contributed by atoms with E-state index >= 15 is 0 Å². The van der Waals surface area contributed by atoms with Crippen molar-refractivity contribution in [3.63, 3.8) is 0 Å². The highest BCUT2D eigenvalue weighted by Gasteiger charge is 2.23. The van der Waals surface area contributed by atoms with Crippen LogP contribution in [0.15, 0.2) is 71.1 Å². The highest BCUT2D eigenvalue weighted by molar-refractivity contribution is 6.15. The number of hydrogen-bond donors (Lipinski definition) is 2. The molecule has 0 saturated carbocycles. The van der Waals surface area contributed by atoms with Gasteiger partial charge in [-0.1, -0.05) is 24.3 Å². The van der Waals surface area contributed by atoms with Gasteiger partial charge in [0.2, 0.25) is 5.76 Å². The molecule has 2 N–H and O–H groups in total. The van der Waals surface area contributed by atoms with E-state index in [9.17, 15) is 9.59 Å². The Balaban J connectivity index is 1.57. The van der Waals surface area contributed by atoms with Gasteiger partial charge in [0.15, 0.2) is 6.61 Å². The Morgan fingerprint density at radius 2 is 1.71 bits per heavy atom. The summed E-state index contributed by atoms with van der Waals surface area (Å²) >= 11 is 0. The zero-order valence-corrected chi connectivity index (χ0v) is 19.0. The second-order valence-corrected chi connectivity index (χ2v) is 7.48. The molecule has 0 radical (unpaired) electrons. The predicted octanol–water partition coefficient (Wildman–Crippen LogP) is 5.03. The van der Waals surface area contributed by atoms with E-state index in [0.717, 1.165) is 5.56 Å². The van der Waals surface area contributed by atoms with Gasteiger partial charge in [0.05, 0.1) is 19.9 Å². The molecule has 3 aromatic carbocycles. The minimum atomic E-state index is -0.547. The normalized spacial score (nSPS) is 10.6. The summed E-state index contributed by atoms with van der Waals surface area (Å²) in [6.07, 6.45) is 0. The van der Waals surface area contributed by atoms with Gasteiger partial charge in [0.25, 0.3) is 11.8 Å². The van der Waals surface area contributed by atoms with Crippen molar-refractivity contribution < 1.29 is 28.2 Å². The third kappa shape index (κ3) is 4.96. The number of furan rings is 1. The summed E-state index contributed by atoms with van der Waals surface area (Å²) in [6, 6.07) is 19.5. The van der Waals surface area contributed by atoms with E-state index in [1.165, 1.54) is 7.11 Å². The van der Waals surface area contributed by atoms with E-state index in [0.29, 0.717) is 33.9 Å². The largest absolute Gasteiger partial charge is 0.497 e. The van der Waals surface area contributed by atoms with E-state index < -0.39 is 11.8 Å². The Morgan fingerprint density at radius 3 is 2.47 bits per heavy atom. The molecule has 174 valence electrons. The fraction of sp³-hybridized carbons (Fsp3) is 0.154. The molecule has 0 aliphatic heterocycles. The first-order chi connectivity index (χ1) is 16.5. The maximum Gasteiger partial charge on any atom is 0.293 e. The summed E-state index contributed by atoms with van der Waals surface area (Å²) < 4.78 is 21.9. The molecule has 8 nitrogen and oxygen atoms in total. The number of carbonyl (C=O) groups excluding carboxylic acids is 2. The van der Waals surface area contributed by atoms with Crippen molar-refractivity contribution in [3.05, 3.63) is 78.1 Å². The lowest BCUT2D eigenvalue weighted by atomic mass is 10.2. The maximum atomic E-state index is 13.2. The van der Waals surface area contributed by atoms with Gasteiger partial charge in [0, 0.05) is 11.5 Å². The molecule has 1 heterocycles. The minimum absolute atomic E-state index is 0.0389. The Labute approximate surface area is 196 Å². The number of ether oxygens (including phenoxy) is 3. The highest BCUT2D eigenvalue weighted by Crippen LogP contribution is 2.33. The average Bonchev–Trinajstić information content (AvgIpc) is 3.21. The van der Waals surface area contributed by atoms with E-state index in [-0.39, 0.29) is 18.1 Å². The van der Waals surface area contributed by atoms with Gasteiger partial charge < -0.3 is 29.3 Å². The van der Waals surface area contributed by atoms with Crippen molar-refractivity contribution in [3.8, 4) is 17.2 Å². The minimum Gasteiger partial charge on any atom is -0.497 e. The number of methoxy groups -OCH3 is 2. The maximum absolute atomic E-state index is 13.2.